The lowest BCUT2D eigenvalue weighted by molar-refractivity contribution is -0.117. The molecule has 0 spiro atoms. The van der Waals surface area contributed by atoms with Gasteiger partial charge >= 0.3 is 0 Å². The number of rotatable bonds is 4. The molecule has 0 radical (unpaired) electrons. The average molecular weight is 303 g/mol. The molecule has 0 aliphatic heterocycles. The van der Waals surface area contributed by atoms with Gasteiger partial charge in [0.15, 0.2) is 0 Å². The molecule has 0 bridgehead atoms. The van der Waals surface area contributed by atoms with Gasteiger partial charge in [-0.15, -0.1) is 11.3 Å². The number of hydrogen-bond donors (Lipinski definition) is 1. The minimum absolute atomic E-state index is 0.0985. The lowest BCUT2D eigenvalue weighted by Crippen LogP contribution is -2.23. The number of nitriles is 1. The second kappa shape index (κ2) is 6.90. The van der Waals surface area contributed by atoms with Crippen LogP contribution in [0.15, 0.2) is 47.4 Å². The third kappa shape index (κ3) is 3.95. The standard InChI is InChI=1S/C15H11ClN2OS/c16-13-5-3-11(4-6-13)10-18-15(19)12(9-17)8-14-2-1-7-20-14/h1-8H,10H2,(H,18,19)/b12-8+. The Kier molecular flexibility index (Phi) is 4.94. The van der Waals surface area contributed by atoms with E-state index in [-0.39, 0.29) is 11.5 Å². The number of carbonyl (C=O) groups is 1. The van der Waals surface area contributed by atoms with Crippen molar-refractivity contribution in [3.63, 3.8) is 0 Å². The summed E-state index contributed by atoms with van der Waals surface area (Å²) < 4.78 is 0. The third-order valence-corrected chi connectivity index (χ3v) is 3.63. The molecule has 2 rings (SSSR count). The summed E-state index contributed by atoms with van der Waals surface area (Å²) in [5.41, 5.74) is 1.03. The minimum atomic E-state index is -0.379. The van der Waals surface area contributed by atoms with Crippen molar-refractivity contribution in [1.82, 2.24) is 5.32 Å². The second-order valence-corrected chi connectivity index (χ2v) is 5.41. The first-order valence-corrected chi connectivity index (χ1v) is 7.13. The number of carbonyl (C=O) groups excluding carboxylic acids is 1. The van der Waals surface area contributed by atoms with Crippen LogP contribution in [-0.2, 0) is 11.3 Å². The first-order chi connectivity index (χ1) is 9.69. The molecule has 1 aromatic carbocycles. The van der Waals surface area contributed by atoms with Crippen molar-refractivity contribution in [2.24, 2.45) is 0 Å². The highest BCUT2D eigenvalue weighted by Gasteiger charge is 2.08. The smallest absolute Gasteiger partial charge is 0.262 e. The van der Waals surface area contributed by atoms with Crippen LogP contribution in [0.4, 0.5) is 0 Å². The SMILES string of the molecule is N#C/C(=C\c1cccs1)C(=O)NCc1ccc(Cl)cc1. The van der Waals surface area contributed by atoms with Gasteiger partial charge in [-0.05, 0) is 35.2 Å². The van der Waals surface area contributed by atoms with Gasteiger partial charge < -0.3 is 5.32 Å². The van der Waals surface area contributed by atoms with Crippen molar-refractivity contribution >= 4 is 34.9 Å². The number of nitrogens with one attached hydrogen (secondary N) is 1. The van der Waals surface area contributed by atoms with Crippen molar-refractivity contribution in [2.75, 3.05) is 0 Å². The van der Waals surface area contributed by atoms with Crippen LogP contribution in [0.2, 0.25) is 5.02 Å². The van der Waals surface area contributed by atoms with Gasteiger partial charge in [0, 0.05) is 16.4 Å². The van der Waals surface area contributed by atoms with Crippen molar-refractivity contribution in [1.29, 1.82) is 5.26 Å². The molecule has 1 aromatic heterocycles. The maximum atomic E-state index is 11.9. The highest BCUT2D eigenvalue weighted by molar-refractivity contribution is 7.10. The van der Waals surface area contributed by atoms with Gasteiger partial charge in [0.2, 0.25) is 0 Å². The predicted octanol–water partition coefficient (Wildman–Crippen LogP) is 3.62. The van der Waals surface area contributed by atoms with E-state index in [9.17, 15) is 4.79 Å². The van der Waals surface area contributed by atoms with E-state index in [4.69, 9.17) is 16.9 Å². The zero-order chi connectivity index (χ0) is 14.4. The minimum Gasteiger partial charge on any atom is -0.347 e. The van der Waals surface area contributed by atoms with Gasteiger partial charge in [-0.3, -0.25) is 4.79 Å². The van der Waals surface area contributed by atoms with E-state index in [1.807, 2.05) is 35.7 Å². The maximum absolute atomic E-state index is 11.9. The molecule has 5 heteroatoms. The molecule has 3 nitrogen and oxygen atoms in total. The summed E-state index contributed by atoms with van der Waals surface area (Å²) in [5, 5.41) is 14.3. The molecule has 1 N–H and O–H groups in total. The normalized spacial score (nSPS) is 10.9. The second-order valence-electron chi connectivity index (χ2n) is 3.99. The third-order valence-electron chi connectivity index (χ3n) is 2.56. The average Bonchev–Trinajstić information content (AvgIpc) is 2.97. The molecule has 0 fully saturated rings. The highest BCUT2D eigenvalue weighted by atomic mass is 35.5. The van der Waals surface area contributed by atoms with E-state index >= 15 is 0 Å². The van der Waals surface area contributed by atoms with Gasteiger partial charge in [-0.2, -0.15) is 5.26 Å². The lowest BCUT2D eigenvalue weighted by atomic mass is 10.2. The first-order valence-electron chi connectivity index (χ1n) is 5.87. The molecule has 0 saturated carbocycles. The Bertz CT molecular complexity index is 654. The molecule has 0 aliphatic rings. The Morgan fingerprint density at radius 3 is 2.70 bits per heavy atom. The van der Waals surface area contributed by atoms with Crippen molar-refractivity contribution in [2.45, 2.75) is 6.54 Å². The van der Waals surface area contributed by atoms with Gasteiger partial charge in [0.05, 0.1) is 0 Å². The van der Waals surface area contributed by atoms with E-state index in [1.54, 1.807) is 18.2 Å². The number of halogens is 1. The zero-order valence-corrected chi connectivity index (χ0v) is 12.0. The Labute approximate surface area is 126 Å². The summed E-state index contributed by atoms with van der Waals surface area (Å²) in [7, 11) is 0. The molecule has 2 aromatic rings. The summed E-state index contributed by atoms with van der Waals surface area (Å²) in [5.74, 6) is -0.379. The molecule has 0 aliphatic carbocycles. The van der Waals surface area contributed by atoms with Crippen LogP contribution >= 0.6 is 22.9 Å². The van der Waals surface area contributed by atoms with E-state index in [1.165, 1.54) is 11.3 Å². The Morgan fingerprint density at radius 1 is 1.35 bits per heavy atom. The fraction of sp³-hybridized carbons (Fsp3) is 0.0667. The summed E-state index contributed by atoms with van der Waals surface area (Å²) in [6.45, 7) is 0.361. The van der Waals surface area contributed by atoms with Crippen LogP contribution < -0.4 is 5.32 Å². The van der Waals surface area contributed by atoms with Crippen molar-refractivity contribution in [3.8, 4) is 6.07 Å². The molecule has 0 saturated heterocycles. The van der Waals surface area contributed by atoms with E-state index < -0.39 is 0 Å². The fourth-order valence-corrected chi connectivity index (χ4v) is 2.33. The van der Waals surface area contributed by atoms with Crippen LogP contribution in [0.5, 0.6) is 0 Å². The Balaban J connectivity index is 2.00. The summed E-state index contributed by atoms with van der Waals surface area (Å²) >= 11 is 7.27. The van der Waals surface area contributed by atoms with Crippen molar-refractivity contribution < 1.29 is 4.79 Å². The van der Waals surface area contributed by atoms with Crippen molar-refractivity contribution in [3.05, 3.63) is 62.8 Å². The maximum Gasteiger partial charge on any atom is 0.262 e. The van der Waals surface area contributed by atoms with Gasteiger partial charge in [0.25, 0.3) is 5.91 Å². The zero-order valence-electron chi connectivity index (χ0n) is 10.5. The molecular formula is C15H11ClN2OS. The summed E-state index contributed by atoms with van der Waals surface area (Å²) in [6.07, 6.45) is 1.59. The van der Waals surface area contributed by atoms with Gasteiger partial charge in [-0.25, -0.2) is 0 Å². The Hall–Kier alpha value is -2.09. The molecule has 1 amide bonds. The molecule has 0 atom stereocenters. The van der Waals surface area contributed by atoms with Crippen LogP contribution in [0.1, 0.15) is 10.4 Å². The topological polar surface area (TPSA) is 52.9 Å². The Morgan fingerprint density at radius 2 is 2.10 bits per heavy atom. The molecular weight excluding hydrogens is 292 g/mol. The first kappa shape index (κ1) is 14.3. The van der Waals surface area contributed by atoms with Gasteiger partial charge in [0.1, 0.15) is 11.6 Å². The quantitative estimate of drug-likeness (QED) is 0.692. The van der Waals surface area contributed by atoms with Crippen LogP contribution in [-0.4, -0.2) is 5.91 Å². The van der Waals surface area contributed by atoms with Crippen LogP contribution in [0.25, 0.3) is 6.08 Å². The summed E-state index contributed by atoms with van der Waals surface area (Å²) in [6, 6.07) is 12.8. The number of amides is 1. The number of nitrogens with zero attached hydrogens (tertiary/aromatic N) is 1. The predicted molar refractivity (Wildman–Crippen MR) is 81.2 cm³/mol. The molecule has 100 valence electrons. The number of benzene rings is 1. The van der Waals surface area contributed by atoms with E-state index in [2.05, 4.69) is 5.32 Å². The van der Waals surface area contributed by atoms with E-state index in [0.29, 0.717) is 11.6 Å². The fourth-order valence-electron chi connectivity index (χ4n) is 1.54. The van der Waals surface area contributed by atoms with E-state index in [0.717, 1.165) is 10.4 Å². The number of hydrogen-bond acceptors (Lipinski definition) is 3. The largest absolute Gasteiger partial charge is 0.347 e. The lowest BCUT2D eigenvalue weighted by Gasteiger charge is -2.04. The molecule has 1 heterocycles. The molecule has 20 heavy (non-hydrogen) atoms. The molecule has 0 unspecified atom stereocenters. The monoisotopic (exact) mass is 302 g/mol. The number of thiophene rings is 1. The van der Waals surface area contributed by atoms with Crippen LogP contribution in [0, 0.1) is 11.3 Å². The summed E-state index contributed by atoms with van der Waals surface area (Å²) in [4.78, 5) is 12.8. The van der Waals surface area contributed by atoms with Crippen LogP contribution in [0.3, 0.4) is 0 Å². The highest BCUT2D eigenvalue weighted by Crippen LogP contribution is 2.13. The van der Waals surface area contributed by atoms with Gasteiger partial charge in [-0.1, -0.05) is 29.8 Å².